The molecule has 0 spiro atoms. The molecule has 0 N–H and O–H groups in total. The Bertz CT molecular complexity index is 100. The van der Waals surface area contributed by atoms with E-state index >= 15 is 0 Å². The van der Waals surface area contributed by atoms with Crippen LogP contribution in [0.15, 0.2) is 0 Å². The molecule has 0 aromatic carbocycles. The average molecular weight is 139 g/mol. The van der Waals surface area contributed by atoms with Gasteiger partial charge < -0.3 is 4.81 Å². The molecule has 0 saturated carbocycles. The molecule has 0 unspecified atom stereocenters. The third kappa shape index (κ3) is 2.74. The second kappa shape index (κ2) is 2.95. The van der Waals surface area contributed by atoms with E-state index in [4.69, 9.17) is 0 Å². The lowest BCUT2D eigenvalue weighted by Crippen LogP contribution is -2.30. The molecular formula is C8H18BN. The minimum absolute atomic E-state index is 0.490. The lowest BCUT2D eigenvalue weighted by molar-refractivity contribution is 0.519. The van der Waals surface area contributed by atoms with Gasteiger partial charge in [-0.15, -0.1) is 0 Å². The molecule has 1 fully saturated rings. The van der Waals surface area contributed by atoms with E-state index in [2.05, 4.69) is 25.6 Å². The first kappa shape index (κ1) is 8.12. The van der Waals surface area contributed by atoms with Gasteiger partial charge in [0.25, 0.3) is 0 Å². The maximum atomic E-state index is 2.57. The summed E-state index contributed by atoms with van der Waals surface area (Å²) in [7, 11) is 1.27. The van der Waals surface area contributed by atoms with Crippen molar-refractivity contribution >= 4 is 7.41 Å². The molecule has 1 rings (SSSR count). The number of hydrogen-bond acceptors (Lipinski definition) is 1. The summed E-state index contributed by atoms with van der Waals surface area (Å²) < 4.78 is 0. The SMILES string of the molecule is CC(C)(C)BN1CCCC1. The summed E-state index contributed by atoms with van der Waals surface area (Å²) in [5.74, 6) is 0. The minimum Gasteiger partial charge on any atom is -0.345 e. The maximum absolute atomic E-state index is 2.57. The van der Waals surface area contributed by atoms with E-state index in [-0.39, 0.29) is 0 Å². The normalized spacial score (nSPS) is 21.5. The molecule has 0 aromatic rings. The van der Waals surface area contributed by atoms with Gasteiger partial charge in [-0.25, -0.2) is 0 Å². The highest BCUT2D eigenvalue weighted by molar-refractivity contribution is 6.36. The monoisotopic (exact) mass is 139 g/mol. The molecule has 0 amide bonds. The van der Waals surface area contributed by atoms with E-state index in [1.165, 1.54) is 33.3 Å². The Morgan fingerprint density at radius 2 is 1.60 bits per heavy atom. The van der Waals surface area contributed by atoms with Crippen LogP contribution >= 0.6 is 0 Å². The Morgan fingerprint density at radius 1 is 1.10 bits per heavy atom. The molecule has 1 nitrogen and oxygen atoms in total. The van der Waals surface area contributed by atoms with E-state index < -0.39 is 0 Å². The number of nitrogens with zero attached hydrogens (tertiary/aromatic N) is 1. The van der Waals surface area contributed by atoms with Crippen LogP contribution in [0.4, 0.5) is 0 Å². The van der Waals surface area contributed by atoms with Gasteiger partial charge >= 0.3 is 0 Å². The van der Waals surface area contributed by atoms with Crippen LogP contribution in [0.5, 0.6) is 0 Å². The second-order valence-corrected chi connectivity index (χ2v) is 4.54. The van der Waals surface area contributed by atoms with E-state index in [1.54, 1.807) is 0 Å². The van der Waals surface area contributed by atoms with Crippen LogP contribution < -0.4 is 0 Å². The molecule has 1 aliphatic heterocycles. The van der Waals surface area contributed by atoms with Crippen LogP contribution in [0.1, 0.15) is 33.6 Å². The van der Waals surface area contributed by atoms with Crippen molar-refractivity contribution in [2.75, 3.05) is 13.1 Å². The predicted molar refractivity (Wildman–Crippen MR) is 47.7 cm³/mol. The first-order valence-electron chi connectivity index (χ1n) is 4.30. The molecule has 2 heteroatoms. The van der Waals surface area contributed by atoms with Crippen LogP contribution in [-0.2, 0) is 0 Å². The predicted octanol–water partition coefficient (Wildman–Crippen LogP) is 1.65. The van der Waals surface area contributed by atoms with Gasteiger partial charge in [0.2, 0.25) is 7.41 Å². The van der Waals surface area contributed by atoms with Crippen molar-refractivity contribution in [3.63, 3.8) is 0 Å². The van der Waals surface area contributed by atoms with Crippen molar-refractivity contribution in [3.05, 3.63) is 0 Å². The Morgan fingerprint density at radius 3 is 2.00 bits per heavy atom. The highest BCUT2D eigenvalue weighted by atomic mass is 15.1. The van der Waals surface area contributed by atoms with E-state index in [0.29, 0.717) is 5.31 Å². The third-order valence-electron chi connectivity index (χ3n) is 1.90. The molecule has 10 heavy (non-hydrogen) atoms. The summed E-state index contributed by atoms with van der Waals surface area (Å²) in [5, 5.41) is 0.490. The van der Waals surface area contributed by atoms with Crippen LogP contribution in [0.2, 0.25) is 5.31 Å². The summed E-state index contributed by atoms with van der Waals surface area (Å²) in [6.07, 6.45) is 2.83. The Kier molecular flexibility index (Phi) is 2.40. The van der Waals surface area contributed by atoms with Gasteiger partial charge in [0.05, 0.1) is 0 Å². The first-order chi connectivity index (χ1) is 4.58. The quantitative estimate of drug-likeness (QED) is 0.499. The molecule has 0 aromatic heterocycles. The van der Waals surface area contributed by atoms with Crippen molar-refractivity contribution in [2.45, 2.75) is 38.9 Å². The molecule has 0 bridgehead atoms. The smallest absolute Gasteiger partial charge is 0.209 e. The zero-order valence-corrected chi connectivity index (χ0v) is 7.48. The topological polar surface area (TPSA) is 3.24 Å². The molecular weight excluding hydrogens is 121 g/mol. The second-order valence-electron chi connectivity index (χ2n) is 4.54. The largest absolute Gasteiger partial charge is 0.345 e. The van der Waals surface area contributed by atoms with Gasteiger partial charge in [-0.05, 0) is 31.2 Å². The maximum Gasteiger partial charge on any atom is 0.209 e. The zero-order chi connectivity index (χ0) is 7.61. The number of rotatable bonds is 1. The van der Waals surface area contributed by atoms with Crippen molar-refractivity contribution in [3.8, 4) is 0 Å². The molecule has 1 saturated heterocycles. The van der Waals surface area contributed by atoms with Crippen LogP contribution in [0.3, 0.4) is 0 Å². The van der Waals surface area contributed by atoms with Gasteiger partial charge in [-0.1, -0.05) is 20.8 Å². The van der Waals surface area contributed by atoms with Crippen molar-refractivity contribution in [2.24, 2.45) is 0 Å². The minimum atomic E-state index is 0.490. The van der Waals surface area contributed by atoms with Gasteiger partial charge in [0, 0.05) is 0 Å². The number of hydrogen-bond donors (Lipinski definition) is 0. The van der Waals surface area contributed by atoms with Crippen LogP contribution in [0, 0.1) is 0 Å². The van der Waals surface area contributed by atoms with Crippen LogP contribution in [0.25, 0.3) is 0 Å². The van der Waals surface area contributed by atoms with Crippen molar-refractivity contribution in [1.29, 1.82) is 0 Å². The van der Waals surface area contributed by atoms with Gasteiger partial charge in [-0.2, -0.15) is 0 Å². The summed E-state index contributed by atoms with van der Waals surface area (Å²) in [5.41, 5.74) is 0. The van der Waals surface area contributed by atoms with Gasteiger partial charge in [-0.3, -0.25) is 0 Å². The highest BCUT2D eigenvalue weighted by Crippen LogP contribution is 2.23. The lowest BCUT2D eigenvalue weighted by Gasteiger charge is -2.23. The molecule has 1 aliphatic rings. The summed E-state index contributed by atoms with van der Waals surface area (Å²) in [6, 6.07) is 0. The van der Waals surface area contributed by atoms with Crippen molar-refractivity contribution in [1.82, 2.24) is 4.81 Å². The molecule has 0 atom stereocenters. The first-order valence-corrected chi connectivity index (χ1v) is 4.30. The fraction of sp³-hybridized carbons (Fsp3) is 1.00. The summed E-state index contributed by atoms with van der Waals surface area (Å²) in [4.78, 5) is 2.57. The van der Waals surface area contributed by atoms with E-state index in [9.17, 15) is 0 Å². The molecule has 58 valence electrons. The molecule has 1 heterocycles. The Balaban J connectivity index is 2.24. The van der Waals surface area contributed by atoms with Gasteiger partial charge in [0.15, 0.2) is 0 Å². The lowest BCUT2D eigenvalue weighted by atomic mass is 9.63. The fourth-order valence-electron chi connectivity index (χ4n) is 1.61. The Labute approximate surface area is 65.1 Å². The highest BCUT2D eigenvalue weighted by Gasteiger charge is 2.20. The summed E-state index contributed by atoms with van der Waals surface area (Å²) >= 11 is 0. The van der Waals surface area contributed by atoms with Crippen LogP contribution in [-0.4, -0.2) is 25.3 Å². The van der Waals surface area contributed by atoms with E-state index in [1.807, 2.05) is 0 Å². The zero-order valence-electron chi connectivity index (χ0n) is 7.48. The third-order valence-corrected chi connectivity index (χ3v) is 1.90. The average Bonchev–Trinajstić information content (AvgIpc) is 2.12. The standard InChI is InChI=1S/C8H18BN/c1-8(2,3)9-10-6-4-5-7-10/h9H,4-7H2,1-3H3. The molecule has 0 aliphatic carbocycles. The van der Waals surface area contributed by atoms with E-state index in [0.717, 1.165) is 0 Å². The fourth-order valence-corrected chi connectivity index (χ4v) is 1.61. The Hall–Kier alpha value is 0.0249. The molecule has 0 radical (unpaired) electrons. The van der Waals surface area contributed by atoms with Gasteiger partial charge in [0.1, 0.15) is 0 Å². The summed E-state index contributed by atoms with van der Waals surface area (Å²) in [6.45, 7) is 9.59. The van der Waals surface area contributed by atoms with Crippen molar-refractivity contribution < 1.29 is 0 Å².